The molecule has 0 aromatic heterocycles. The summed E-state index contributed by atoms with van der Waals surface area (Å²) in [6.45, 7) is 2.08. The molecule has 1 fully saturated rings. The van der Waals surface area contributed by atoms with E-state index in [2.05, 4.69) is 0 Å². The first kappa shape index (κ1) is 12.1. The van der Waals surface area contributed by atoms with Crippen molar-refractivity contribution in [2.75, 3.05) is 24.5 Å². The fraction of sp³-hybridized carbons (Fsp3) is 0.308. The minimum Gasteiger partial charge on any atom is -0.353 e. The van der Waals surface area contributed by atoms with E-state index in [0.29, 0.717) is 0 Å². The molecule has 18 heavy (non-hydrogen) atoms. The summed E-state index contributed by atoms with van der Waals surface area (Å²) in [6.07, 6.45) is 0. The smallest absolute Gasteiger partial charge is 0.249 e. The van der Waals surface area contributed by atoms with Gasteiger partial charge in [0, 0.05) is 5.69 Å². The van der Waals surface area contributed by atoms with Crippen LogP contribution in [0.1, 0.15) is 5.56 Å². The Kier molecular flexibility index (Phi) is 3.28. The highest BCUT2D eigenvalue weighted by Gasteiger charge is 2.30. The Morgan fingerprint density at radius 3 is 2.22 bits per heavy atom. The summed E-state index contributed by atoms with van der Waals surface area (Å²) in [5.74, 6) is -0.651. The van der Waals surface area contributed by atoms with Crippen molar-refractivity contribution < 1.29 is 9.59 Å². The van der Waals surface area contributed by atoms with Crippen LogP contribution in [0.3, 0.4) is 0 Å². The van der Waals surface area contributed by atoms with Crippen LogP contribution in [0.5, 0.6) is 0 Å². The van der Waals surface area contributed by atoms with Gasteiger partial charge in [0.2, 0.25) is 11.8 Å². The maximum atomic E-state index is 11.8. The predicted molar refractivity (Wildman–Crippen MR) is 65.7 cm³/mol. The first-order chi connectivity index (χ1) is 8.61. The molecule has 0 saturated carbocycles. The van der Waals surface area contributed by atoms with E-state index in [0.717, 1.165) is 16.2 Å². The van der Waals surface area contributed by atoms with E-state index in [9.17, 15) is 9.59 Å². The maximum absolute atomic E-state index is 11.8. The van der Waals surface area contributed by atoms with Crippen molar-refractivity contribution in [2.24, 2.45) is 0 Å². The van der Waals surface area contributed by atoms with E-state index < -0.39 is 0 Å². The summed E-state index contributed by atoms with van der Waals surface area (Å²) >= 11 is 0. The highest BCUT2D eigenvalue weighted by molar-refractivity contribution is 6.02. The number of benzene rings is 1. The summed E-state index contributed by atoms with van der Waals surface area (Å²) in [4.78, 5) is 26.2. The minimum atomic E-state index is -0.326. The average Bonchev–Trinajstić information content (AvgIpc) is 2.34. The van der Waals surface area contributed by atoms with Crippen LogP contribution in [0, 0.1) is 18.3 Å². The van der Waals surface area contributed by atoms with Crippen molar-refractivity contribution in [1.29, 1.82) is 5.26 Å². The molecule has 1 aromatic rings. The van der Waals surface area contributed by atoms with Crippen molar-refractivity contribution in [3.8, 4) is 6.07 Å². The number of nitriles is 1. The number of carbonyl (C=O) groups excluding carboxylic acids is 2. The Morgan fingerprint density at radius 1 is 1.17 bits per heavy atom. The molecule has 1 aliphatic rings. The first-order valence-corrected chi connectivity index (χ1v) is 5.63. The second kappa shape index (κ2) is 4.88. The van der Waals surface area contributed by atoms with Crippen LogP contribution in [-0.2, 0) is 9.59 Å². The lowest BCUT2D eigenvalue weighted by molar-refractivity contribution is -0.144. The van der Waals surface area contributed by atoms with Crippen molar-refractivity contribution >= 4 is 17.5 Å². The normalized spacial score (nSPS) is 15.8. The number of hydrogen-bond donors (Lipinski definition) is 0. The molecule has 5 heteroatoms. The van der Waals surface area contributed by atoms with Crippen LogP contribution in [-0.4, -0.2) is 36.3 Å². The molecule has 5 nitrogen and oxygen atoms in total. The zero-order chi connectivity index (χ0) is 13.1. The van der Waals surface area contributed by atoms with E-state index in [1.165, 1.54) is 0 Å². The van der Waals surface area contributed by atoms with Gasteiger partial charge < -0.3 is 4.90 Å². The van der Waals surface area contributed by atoms with Crippen molar-refractivity contribution in [3.63, 3.8) is 0 Å². The molecule has 1 aliphatic heterocycles. The Hall–Kier alpha value is -2.35. The zero-order valence-corrected chi connectivity index (χ0v) is 10.1. The van der Waals surface area contributed by atoms with Crippen LogP contribution in [0.4, 0.5) is 5.69 Å². The van der Waals surface area contributed by atoms with E-state index in [1.54, 1.807) is 4.90 Å². The molecular formula is C13H13N3O2. The lowest BCUT2D eigenvalue weighted by atomic mass is 10.2. The summed E-state index contributed by atoms with van der Waals surface area (Å²) in [5, 5.41) is 8.56. The van der Waals surface area contributed by atoms with Gasteiger partial charge in [-0.2, -0.15) is 5.26 Å². The van der Waals surface area contributed by atoms with Crippen LogP contribution >= 0.6 is 0 Å². The lowest BCUT2D eigenvalue weighted by Crippen LogP contribution is -2.54. The van der Waals surface area contributed by atoms with Crippen LogP contribution in [0.25, 0.3) is 0 Å². The highest BCUT2D eigenvalue weighted by Crippen LogP contribution is 2.17. The Bertz CT molecular complexity index is 498. The van der Waals surface area contributed by atoms with E-state index in [1.807, 2.05) is 37.3 Å². The van der Waals surface area contributed by atoms with E-state index >= 15 is 0 Å². The highest BCUT2D eigenvalue weighted by atomic mass is 16.2. The largest absolute Gasteiger partial charge is 0.353 e. The number of amides is 2. The second-order valence-electron chi connectivity index (χ2n) is 4.22. The van der Waals surface area contributed by atoms with Crippen molar-refractivity contribution in [1.82, 2.24) is 4.90 Å². The van der Waals surface area contributed by atoms with Crippen LogP contribution in [0.2, 0.25) is 0 Å². The molecule has 0 atom stereocenters. The number of piperazine rings is 1. The van der Waals surface area contributed by atoms with Gasteiger partial charge in [-0.25, -0.2) is 0 Å². The van der Waals surface area contributed by atoms with Gasteiger partial charge in [-0.3, -0.25) is 14.5 Å². The van der Waals surface area contributed by atoms with Gasteiger partial charge >= 0.3 is 0 Å². The SMILES string of the molecule is Cc1ccc(N2CC(=O)N(CC#N)C(=O)C2)cc1. The number of imide groups is 1. The third-order valence-electron chi connectivity index (χ3n) is 2.88. The van der Waals surface area contributed by atoms with Crippen LogP contribution < -0.4 is 4.90 Å². The van der Waals surface area contributed by atoms with Crippen molar-refractivity contribution in [2.45, 2.75) is 6.92 Å². The fourth-order valence-corrected chi connectivity index (χ4v) is 1.88. The summed E-state index contributed by atoms with van der Waals surface area (Å²) in [5.41, 5.74) is 1.97. The van der Waals surface area contributed by atoms with E-state index in [4.69, 9.17) is 5.26 Å². The lowest BCUT2D eigenvalue weighted by Gasteiger charge is -2.32. The summed E-state index contributed by atoms with van der Waals surface area (Å²) in [6, 6.07) is 9.47. The van der Waals surface area contributed by atoms with Gasteiger partial charge in [0.15, 0.2) is 0 Å². The molecule has 1 aromatic carbocycles. The maximum Gasteiger partial charge on any atom is 0.249 e. The number of carbonyl (C=O) groups is 2. The van der Waals surface area contributed by atoms with Gasteiger partial charge in [-0.1, -0.05) is 17.7 Å². The summed E-state index contributed by atoms with van der Waals surface area (Å²) < 4.78 is 0. The molecule has 0 bridgehead atoms. The predicted octanol–water partition coefficient (Wildman–Crippen LogP) is 0.694. The molecule has 0 unspecified atom stereocenters. The average molecular weight is 243 g/mol. The molecule has 2 rings (SSSR count). The van der Waals surface area contributed by atoms with Gasteiger partial charge in [-0.15, -0.1) is 0 Å². The Morgan fingerprint density at radius 2 is 1.72 bits per heavy atom. The number of hydrogen-bond acceptors (Lipinski definition) is 4. The first-order valence-electron chi connectivity index (χ1n) is 5.63. The third-order valence-corrected chi connectivity index (χ3v) is 2.88. The van der Waals surface area contributed by atoms with Gasteiger partial charge in [0.1, 0.15) is 6.54 Å². The van der Waals surface area contributed by atoms with Crippen LogP contribution in [0.15, 0.2) is 24.3 Å². The number of aryl methyl sites for hydroxylation is 1. The van der Waals surface area contributed by atoms with E-state index in [-0.39, 0.29) is 31.4 Å². The number of anilines is 1. The standard InChI is InChI=1S/C13H13N3O2/c1-10-2-4-11(5-3-10)15-8-12(17)16(7-6-14)13(18)9-15/h2-5H,7-9H2,1H3. The number of rotatable bonds is 2. The molecule has 1 saturated heterocycles. The molecule has 2 amide bonds. The third kappa shape index (κ3) is 2.33. The van der Waals surface area contributed by atoms with Gasteiger partial charge in [0.05, 0.1) is 19.2 Å². The molecule has 0 radical (unpaired) electrons. The quantitative estimate of drug-likeness (QED) is 0.566. The minimum absolute atomic E-state index is 0.135. The Labute approximate surface area is 105 Å². The molecule has 0 spiro atoms. The molecule has 92 valence electrons. The molecular weight excluding hydrogens is 230 g/mol. The second-order valence-corrected chi connectivity index (χ2v) is 4.22. The molecule has 1 heterocycles. The topological polar surface area (TPSA) is 64.4 Å². The monoisotopic (exact) mass is 243 g/mol. The zero-order valence-electron chi connectivity index (χ0n) is 10.1. The molecule has 0 aliphatic carbocycles. The van der Waals surface area contributed by atoms with Crippen molar-refractivity contribution in [3.05, 3.63) is 29.8 Å². The van der Waals surface area contributed by atoms with Gasteiger partial charge in [-0.05, 0) is 19.1 Å². The van der Waals surface area contributed by atoms with Gasteiger partial charge in [0.25, 0.3) is 0 Å². The Balaban J connectivity index is 2.15. The summed E-state index contributed by atoms with van der Waals surface area (Å²) in [7, 11) is 0. The number of nitrogens with zero attached hydrogens (tertiary/aromatic N) is 3. The molecule has 0 N–H and O–H groups in total. The fourth-order valence-electron chi connectivity index (χ4n) is 1.88.